The van der Waals surface area contributed by atoms with Gasteiger partial charge in [0, 0.05) is 11.0 Å². The highest BCUT2D eigenvalue weighted by Crippen LogP contribution is 2.20. The highest BCUT2D eigenvalue weighted by atomic mass is 79.9. The normalized spacial score (nSPS) is 9.65. The SMILES string of the molecule is C=CCCCCCNc1cc(Br)ccc1C#N. The Balaban J connectivity index is 2.38. The van der Waals surface area contributed by atoms with Crippen LogP contribution in [0.4, 0.5) is 5.69 Å². The molecular formula is C14H17BrN2. The molecular weight excluding hydrogens is 276 g/mol. The molecule has 0 saturated carbocycles. The van der Waals surface area contributed by atoms with E-state index < -0.39 is 0 Å². The summed E-state index contributed by atoms with van der Waals surface area (Å²) >= 11 is 3.41. The predicted molar refractivity (Wildman–Crippen MR) is 76.0 cm³/mol. The predicted octanol–water partition coefficient (Wildman–Crippen LogP) is 4.48. The first kappa shape index (κ1) is 13.8. The second kappa shape index (κ2) is 7.92. The van der Waals surface area contributed by atoms with Gasteiger partial charge in [-0.25, -0.2) is 0 Å². The van der Waals surface area contributed by atoms with Gasteiger partial charge in [0.1, 0.15) is 6.07 Å². The molecule has 1 aromatic carbocycles. The largest absolute Gasteiger partial charge is 0.384 e. The van der Waals surface area contributed by atoms with E-state index in [0.29, 0.717) is 5.56 Å². The number of allylic oxidation sites excluding steroid dienone is 1. The quantitative estimate of drug-likeness (QED) is 0.594. The molecule has 0 heterocycles. The van der Waals surface area contributed by atoms with E-state index in [0.717, 1.165) is 29.5 Å². The molecule has 0 spiro atoms. The van der Waals surface area contributed by atoms with Crippen molar-refractivity contribution in [2.75, 3.05) is 11.9 Å². The van der Waals surface area contributed by atoms with E-state index in [4.69, 9.17) is 5.26 Å². The fraction of sp³-hybridized carbons (Fsp3) is 0.357. The lowest BCUT2D eigenvalue weighted by Gasteiger charge is -2.08. The van der Waals surface area contributed by atoms with Crippen LogP contribution in [-0.4, -0.2) is 6.54 Å². The van der Waals surface area contributed by atoms with Crippen LogP contribution in [-0.2, 0) is 0 Å². The van der Waals surface area contributed by atoms with Gasteiger partial charge in [-0.1, -0.05) is 28.4 Å². The lowest BCUT2D eigenvalue weighted by atomic mass is 10.1. The number of unbranched alkanes of at least 4 members (excludes halogenated alkanes) is 3. The van der Waals surface area contributed by atoms with Gasteiger partial charge in [-0.15, -0.1) is 6.58 Å². The number of hydrogen-bond acceptors (Lipinski definition) is 2. The van der Waals surface area contributed by atoms with E-state index >= 15 is 0 Å². The molecule has 0 unspecified atom stereocenters. The number of halogens is 1. The van der Waals surface area contributed by atoms with Gasteiger partial charge in [0.05, 0.1) is 11.3 Å². The number of benzene rings is 1. The van der Waals surface area contributed by atoms with Crippen molar-refractivity contribution >= 4 is 21.6 Å². The monoisotopic (exact) mass is 292 g/mol. The van der Waals surface area contributed by atoms with Crippen molar-refractivity contribution in [1.29, 1.82) is 5.26 Å². The third-order valence-electron chi connectivity index (χ3n) is 2.50. The number of anilines is 1. The van der Waals surface area contributed by atoms with Crippen LogP contribution in [0, 0.1) is 11.3 Å². The molecule has 0 bridgehead atoms. The molecule has 90 valence electrons. The van der Waals surface area contributed by atoms with Crippen LogP contribution in [0.25, 0.3) is 0 Å². The van der Waals surface area contributed by atoms with Gasteiger partial charge >= 0.3 is 0 Å². The Labute approximate surface area is 111 Å². The Kier molecular flexibility index (Phi) is 6.42. The molecule has 17 heavy (non-hydrogen) atoms. The Hall–Kier alpha value is -1.27. The standard InChI is InChI=1S/C14H17BrN2/c1-2-3-4-5-6-9-17-14-10-13(15)8-7-12(14)11-16/h2,7-8,10,17H,1,3-6,9H2. The van der Waals surface area contributed by atoms with Gasteiger partial charge in [0.25, 0.3) is 0 Å². The first-order valence-electron chi connectivity index (χ1n) is 5.82. The summed E-state index contributed by atoms with van der Waals surface area (Å²) in [6, 6.07) is 7.84. The molecule has 0 aromatic heterocycles. The summed E-state index contributed by atoms with van der Waals surface area (Å²) in [6.07, 6.45) is 6.53. The zero-order chi connectivity index (χ0) is 12.5. The number of nitrogens with one attached hydrogen (secondary N) is 1. The first-order valence-corrected chi connectivity index (χ1v) is 6.61. The Morgan fingerprint density at radius 2 is 2.18 bits per heavy atom. The zero-order valence-electron chi connectivity index (χ0n) is 9.88. The average molecular weight is 293 g/mol. The van der Waals surface area contributed by atoms with Crippen LogP contribution >= 0.6 is 15.9 Å². The second-order valence-corrected chi connectivity index (χ2v) is 4.78. The minimum absolute atomic E-state index is 0.694. The van der Waals surface area contributed by atoms with Crippen molar-refractivity contribution in [3.05, 3.63) is 40.9 Å². The molecule has 1 N–H and O–H groups in total. The molecule has 2 nitrogen and oxygen atoms in total. The van der Waals surface area contributed by atoms with E-state index in [1.807, 2.05) is 24.3 Å². The van der Waals surface area contributed by atoms with Crippen molar-refractivity contribution in [2.45, 2.75) is 25.7 Å². The molecule has 0 radical (unpaired) electrons. The molecule has 0 saturated heterocycles. The van der Waals surface area contributed by atoms with Crippen molar-refractivity contribution < 1.29 is 0 Å². The molecule has 1 aromatic rings. The van der Waals surface area contributed by atoms with Crippen LogP contribution in [0.2, 0.25) is 0 Å². The van der Waals surface area contributed by atoms with E-state index in [1.165, 1.54) is 12.8 Å². The number of hydrogen-bond donors (Lipinski definition) is 1. The maximum atomic E-state index is 8.97. The summed E-state index contributed by atoms with van der Waals surface area (Å²) in [6.45, 7) is 4.61. The summed E-state index contributed by atoms with van der Waals surface area (Å²) in [5.41, 5.74) is 1.60. The molecule has 0 aliphatic carbocycles. The van der Waals surface area contributed by atoms with Gasteiger partial charge in [0.2, 0.25) is 0 Å². The lowest BCUT2D eigenvalue weighted by Crippen LogP contribution is -2.03. The minimum atomic E-state index is 0.694. The first-order chi connectivity index (χ1) is 8.27. The lowest BCUT2D eigenvalue weighted by molar-refractivity contribution is 0.708. The Morgan fingerprint density at radius 3 is 2.88 bits per heavy atom. The molecule has 0 atom stereocenters. The molecule has 0 aliphatic heterocycles. The maximum absolute atomic E-state index is 8.97. The second-order valence-electron chi connectivity index (χ2n) is 3.87. The van der Waals surface area contributed by atoms with Gasteiger partial charge in [-0.2, -0.15) is 5.26 Å². The third-order valence-corrected chi connectivity index (χ3v) is 3.00. The smallest absolute Gasteiger partial charge is 0.101 e. The van der Waals surface area contributed by atoms with Crippen LogP contribution in [0.5, 0.6) is 0 Å². The van der Waals surface area contributed by atoms with Crippen molar-refractivity contribution in [3.63, 3.8) is 0 Å². The van der Waals surface area contributed by atoms with Gasteiger partial charge in [-0.3, -0.25) is 0 Å². The molecule has 0 amide bonds. The van der Waals surface area contributed by atoms with Gasteiger partial charge < -0.3 is 5.32 Å². The van der Waals surface area contributed by atoms with Crippen molar-refractivity contribution in [1.82, 2.24) is 0 Å². The topological polar surface area (TPSA) is 35.8 Å². The molecule has 0 aliphatic rings. The van der Waals surface area contributed by atoms with E-state index in [9.17, 15) is 0 Å². The maximum Gasteiger partial charge on any atom is 0.101 e. The highest BCUT2D eigenvalue weighted by Gasteiger charge is 2.01. The number of nitrogens with zero attached hydrogens (tertiary/aromatic N) is 1. The Morgan fingerprint density at radius 1 is 1.35 bits per heavy atom. The summed E-state index contributed by atoms with van der Waals surface area (Å²) in [5, 5.41) is 12.3. The molecule has 0 fully saturated rings. The fourth-order valence-corrected chi connectivity index (χ4v) is 1.93. The number of rotatable bonds is 7. The zero-order valence-corrected chi connectivity index (χ0v) is 11.5. The summed E-state index contributed by atoms with van der Waals surface area (Å²) in [5.74, 6) is 0. The number of nitriles is 1. The highest BCUT2D eigenvalue weighted by molar-refractivity contribution is 9.10. The minimum Gasteiger partial charge on any atom is -0.384 e. The van der Waals surface area contributed by atoms with E-state index in [1.54, 1.807) is 0 Å². The van der Waals surface area contributed by atoms with E-state index in [-0.39, 0.29) is 0 Å². The van der Waals surface area contributed by atoms with Crippen molar-refractivity contribution in [2.24, 2.45) is 0 Å². The van der Waals surface area contributed by atoms with Gasteiger partial charge in [0.15, 0.2) is 0 Å². The van der Waals surface area contributed by atoms with E-state index in [2.05, 4.69) is 33.9 Å². The average Bonchev–Trinajstić information content (AvgIpc) is 2.34. The summed E-state index contributed by atoms with van der Waals surface area (Å²) in [4.78, 5) is 0. The van der Waals surface area contributed by atoms with Crippen molar-refractivity contribution in [3.8, 4) is 6.07 Å². The van der Waals surface area contributed by atoms with Crippen LogP contribution in [0.1, 0.15) is 31.2 Å². The molecule has 3 heteroatoms. The van der Waals surface area contributed by atoms with Crippen LogP contribution < -0.4 is 5.32 Å². The summed E-state index contributed by atoms with van der Waals surface area (Å²) < 4.78 is 0.991. The molecule has 1 rings (SSSR count). The Bertz CT molecular complexity index is 407. The third kappa shape index (κ3) is 5.06. The summed E-state index contributed by atoms with van der Waals surface area (Å²) in [7, 11) is 0. The van der Waals surface area contributed by atoms with Crippen LogP contribution in [0.3, 0.4) is 0 Å². The van der Waals surface area contributed by atoms with Crippen LogP contribution in [0.15, 0.2) is 35.3 Å². The van der Waals surface area contributed by atoms with Gasteiger partial charge in [-0.05, 0) is 37.5 Å². The fourth-order valence-electron chi connectivity index (χ4n) is 1.57.